The van der Waals surface area contributed by atoms with Crippen molar-refractivity contribution in [2.45, 2.75) is 19.3 Å². The Hall–Kier alpha value is -7.69. The molecular formula is C56H38N2O2. The van der Waals surface area contributed by atoms with Crippen LogP contribution in [0.2, 0.25) is 0 Å². The van der Waals surface area contributed by atoms with E-state index in [-0.39, 0.29) is 5.41 Å². The van der Waals surface area contributed by atoms with Crippen molar-refractivity contribution in [1.29, 1.82) is 0 Å². The molecule has 4 heteroatoms. The lowest BCUT2D eigenvalue weighted by Crippen LogP contribution is -2.15. The lowest BCUT2D eigenvalue weighted by molar-refractivity contribution is 0.617. The quantitative estimate of drug-likeness (QED) is 0.169. The molecule has 0 saturated heterocycles. The molecule has 0 atom stereocenters. The fourth-order valence-electron chi connectivity index (χ4n) is 9.35. The maximum Gasteiger partial charge on any atom is 0.227 e. The zero-order valence-corrected chi connectivity index (χ0v) is 33.2. The second-order valence-corrected chi connectivity index (χ2v) is 16.4. The summed E-state index contributed by atoms with van der Waals surface area (Å²) in [5.41, 5.74) is 17.2. The van der Waals surface area contributed by atoms with E-state index >= 15 is 0 Å². The zero-order chi connectivity index (χ0) is 40.0. The van der Waals surface area contributed by atoms with Crippen molar-refractivity contribution in [1.82, 2.24) is 4.98 Å². The molecule has 1 aliphatic carbocycles. The van der Waals surface area contributed by atoms with Crippen LogP contribution in [0.3, 0.4) is 0 Å². The summed E-state index contributed by atoms with van der Waals surface area (Å²) in [5, 5.41) is 4.57. The monoisotopic (exact) mass is 770 g/mol. The van der Waals surface area contributed by atoms with Gasteiger partial charge in [-0.05, 0) is 128 Å². The molecule has 11 aromatic rings. The predicted octanol–water partition coefficient (Wildman–Crippen LogP) is 15.7. The predicted molar refractivity (Wildman–Crippen MR) is 247 cm³/mol. The van der Waals surface area contributed by atoms with Crippen LogP contribution in [0.4, 0.5) is 17.1 Å². The van der Waals surface area contributed by atoms with Crippen LogP contribution in [0.5, 0.6) is 0 Å². The van der Waals surface area contributed by atoms with E-state index in [0.717, 1.165) is 61.2 Å². The molecule has 12 rings (SSSR count). The molecule has 0 amide bonds. The minimum atomic E-state index is -0.0624. The van der Waals surface area contributed by atoms with E-state index in [1.54, 1.807) is 0 Å². The third kappa shape index (κ3) is 5.49. The van der Waals surface area contributed by atoms with Crippen LogP contribution in [0.1, 0.15) is 25.0 Å². The van der Waals surface area contributed by atoms with Gasteiger partial charge in [-0.25, -0.2) is 4.98 Å². The summed E-state index contributed by atoms with van der Waals surface area (Å²) in [6, 6.07) is 69.4. The lowest BCUT2D eigenvalue weighted by atomic mass is 9.82. The first-order chi connectivity index (χ1) is 29.4. The Kier molecular flexibility index (Phi) is 7.54. The molecule has 9 aromatic carbocycles. The number of anilines is 3. The van der Waals surface area contributed by atoms with Crippen molar-refractivity contribution in [2.75, 3.05) is 4.90 Å². The number of hydrogen-bond donors (Lipinski definition) is 0. The normalized spacial score (nSPS) is 13.0. The Morgan fingerprint density at radius 2 is 1.02 bits per heavy atom. The summed E-state index contributed by atoms with van der Waals surface area (Å²) in [4.78, 5) is 7.17. The molecule has 2 heterocycles. The molecule has 4 nitrogen and oxygen atoms in total. The average molecular weight is 771 g/mol. The zero-order valence-electron chi connectivity index (χ0n) is 33.2. The molecule has 0 unspecified atom stereocenters. The van der Waals surface area contributed by atoms with Crippen LogP contribution in [-0.2, 0) is 5.41 Å². The van der Waals surface area contributed by atoms with Gasteiger partial charge in [-0.1, -0.05) is 129 Å². The van der Waals surface area contributed by atoms with Crippen molar-refractivity contribution >= 4 is 60.9 Å². The van der Waals surface area contributed by atoms with Crippen LogP contribution in [0, 0.1) is 0 Å². The summed E-state index contributed by atoms with van der Waals surface area (Å²) in [6.07, 6.45) is 0. The van der Waals surface area contributed by atoms with E-state index < -0.39 is 0 Å². The SMILES string of the molecule is CC1(C)c2ccccc2-c2cc(N(c3ccc(-c4ccc5ccccc5c4)cc3)c3ccc(-c4ccc5c(c4)oc4cc6oc(-c7ccccc7)nc6cc45)cc3)ccc21. The molecule has 284 valence electrons. The summed E-state index contributed by atoms with van der Waals surface area (Å²) in [6.45, 7) is 4.66. The van der Waals surface area contributed by atoms with E-state index in [0.29, 0.717) is 11.5 Å². The van der Waals surface area contributed by atoms with Gasteiger partial charge in [0.15, 0.2) is 5.58 Å². The van der Waals surface area contributed by atoms with Gasteiger partial charge in [0, 0.05) is 44.9 Å². The fourth-order valence-corrected chi connectivity index (χ4v) is 9.35. The summed E-state index contributed by atoms with van der Waals surface area (Å²) >= 11 is 0. The number of aromatic nitrogens is 1. The second kappa shape index (κ2) is 13.2. The summed E-state index contributed by atoms with van der Waals surface area (Å²) in [5.74, 6) is 0.607. The highest BCUT2D eigenvalue weighted by Crippen LogP contribution is 2.51. The number of hydrogen-bond acceptors (Lipinski definition) is 4. The first kappa shape index (κ1) is 34.4. The van der Waals surface area contributed by atoms with Crippen molar-refractivity contribution in [2.24, 2.45) is 0 Å². The highest BCUT2D eigenvalue weighted by atomic mass is 16.4. The van der Waals surface area contributed by atoms with Crippen LogP contribution in [0.25, 0.3) is 88.6 Å². The molecule has 60 heavy (non-hydrogen) atoms. The Morgan fingerprint density at radius 3 is 1.80 bits per heavy atom. The molecule has 0 aliphatic heterocycles. The van der Waals surface area contributed by atoms with Gasteiger partial charge in [0.05, 0.1) is 0 Å². The van der Waals surface area contributed by atoms with E-state index in [4.69, 9.17) is 13.8 Å². The van der Waals surface area contributed by atoms with Crippen LogP contribution < -0.4 is 4.90 Å². The van der Waals surface area contributed by atoms with Gasteiger partial charge in [-0.15, -0.1) is 0 Å². The number of furan rings is 1. The molecule has 0 bridgehead atoms. The minimum absolute atomic E-state index is 0.0624. The highest BCUT2D eigenvalue weighted by Gasteiger charge is 2.35. The molecule has 0 spiro atoms. The first-order valence-electron chi connectivity index (χ1n) is 20.5. The number of nitrogens with zero attached hydrogens (tertiary/aromatic N) is 2. The molecule has 0 saturated carbocycles. The Morgan fingerprint density at radius 1 is 0.400 bits per heavy atom. The van der Waals surface area contributed by atoms with Crippen molar-refractivity contribution in [3.05, 3.63) is 205 Å². The average Bonchev–Trinajstić information content (AvgIpc) is 3.95. The molecule has 1 aliphatic rings. The molecular weight excluding hydrogens is 733 g/mol. The van der Waals surface area contributed by atoms with E-state index in [1.165, 1.54) is 44.2 Å². The van der Waals surface area contributed by atoms with E-state index in [9.17, 15) is 0 Å². The second-order valence-electron chi connectivity index (χ2n) is 16.4. The lowest BCUT2D eigenvalue weighted by Gasteiger charge is -2.27. The van der Waals surface area contributed by atoms with Gasteiger partial charge in [0.1, 0.15) is 16.7 Å². The fraction of sp³-hybridized carbons (Fsp3) is 0.0536. The van der Waals surface area contributed by atoms with Gasteiger partial charge in [-0.3, -0.25) is 0 Å². The topological polar surface area (TPSA) is 42.4 Å². The van der Waals surface area contributed by atoms with Gasteiger partial charge < -0.3 is 13.7 Å². The molecule has 0 radical (unpaired) electrons. The Bertz CT molecular complexity index is 3450. The van der Waals surface area contributed by atoms with Crippen LogP contribution >= 0.6 is 0 Å². The van der Waals surface area contributed by atoms with Crippen LogP contribution in [-0.4, -0.2) is 4.98 Å². The van der Waals surface area contributed by atoms with Crippen molar-refractivity contribution in [3.8, 4) is 44.8 Å². The van der Waals surface area contributed by atoms with E-state index in [1.807, 2.05) is 36.4 Å². The summed E-state index contributed by atoms with van der Waals surface area (Å²) in [7, 11) is 0. The Balaban J connectivity index is 0.914. The molecule has 0 N–H and O–H groups in total. The number of fused-ring (bicyclic) bond motifs is 8. The number of benzene rings is 9. The van der Waals surface area contributed by atoms with Gasteiger partial charge >= 0.3 is 0 Å². The third-order valence-corrected chi connectivity index (χ3v) is 12.5. The van der Waals surface area contributed by atoms with Gasteiger partial charge in [0.2, 0.25) is 5.89 Å². The largest absolute Gasteiger partial charge is 0.456 e. The molecule has 2 aromatic heterocycles. The van der Waals surface area contributed by atoms with Crippen LogP contribution in [0.15, 0.2) is 203 Å². The third-order valence-electron chi connectivity index (χ3n) is 12.5. The molecule has 0 fully saturated rings. The smallest absolute Gasteiger partial charge is 0.227 e. The van der Waals surface area contributed by atoms with E-state index in [2.05, 4.69) is 176 Å². The summed E-state index contributed by atoms with van der Waals surface area (Å²) < 4.78 is 12.6. The number of rotatable bonds is 6. The number of oxazole rings is 1. The maximum atomic E-state index is 6.46. The highest BCUT2D eigenvalue weighted by molar-refractivity contribution is 6.09. The minimum Gasteiger partial charge on any atom is -0.456 e. The van der Waals surface area contributed by atoms with Crippen molar-refractivity contribution in [3.63, 3.8) is 0 Å². The maximum absolute atomic E-state index is 6.46. The van der Waals surface area contributed by atoms with Gasteiger partial charge in [-0.2, -0.15) is 0 Å². The van der Waals surface area contributed by atoms with Crippen molar-refractivity contribution < 1.29 is 8.83 Å². The Labute approximate surface area is 347 Å². The first-order valence-corrected chi connectivity index (χ1v) is 20.5. The standard InChI is InChI=1S/C56H38N2O2/c1-56(2)49-15-9-8-14-45(49)47-32-44(27-29-50(47)56)58(42-23-18-36(19-24-42)40-17-16-35-10-6-7-13-39(35)30-40)43-25-20-37(21-26-43)41-22-28-46-48-33-51-54(34-53(48)59-52(46)31-41)60-55(57-51)38-11-4-3-5-12-38/h3-34H,1-2H3. The van der Waals surface area contributed by atoms with Gasteiger partial charge in [0.25, 0.3) is 0 Å².